The second kappa shape index (κ2) is 6.95. The summed E-state index contributed by atoms with van der Waals surface area (Å²) in [4.78, 5) is 34.1. The number of ether oxygens (including phenoxy) is 1. The summed E-state index contributed by atoms with van der Waals surface area (Å²) >= 11 is 1.48. The maximum absolute atomic E-state index is 12.7. The minimum absolute atomic E-state index is 0.221. The number of fused-ring (bicyclic) bond motifs is 1. The van der Waals surface area contributed by atoms with Gasteiger partial charge in [0.2, 0.25) is 0 Å². The molecule has 26 heavy (non-hydrogen) atoms. The van der Waals surface area contributed by atoms with Crippen LogP contribution in [0.4, 0.5) is 0 Å². The van der Waals surface area contributed by atoms with Crippen LogP contribution in [-0.4, -0.2) is 31.5 Å². The number of aryl methyl sites for hydroxylation is 1. The van der Waals surface area contributed by atoms with Crippen molar-refractivity contribution in [3.63, 3.8) is 0 Å². The highest BCUT2D eigenvalue weighted by Gasteiger charge is 2.18. The number of methoxy groups -OCH3 is 1. The summed E-state index contributed by atoms with van der Waals surface area (Å²) in [6, 6.07) is 7.34. The highest BCUT2D eigenvalue weighted by atomic mass is 32.2. The van der Waals surface area contributed by atoms with E-state index in [-0.39, 0.29) is 10.8 Å². The lowest BCUT2D eigenvalue weighted by Gasteiger charge is -2.13. The monoisotopic (exact) mass is 372 g/mol. The SMILES string of the molecule is COc1ccc(-c2nc(SC(C)C)c3c(=O)n(C)c(=O)n(C)c3n2)cc1. The summed E-state index contributed by atoms with van der Waals surface area (Å²) in [6.45, 7) is 4.05. The van der Waals surface area contributed by atoms with E-state index in [1.165, 1.54) is 23.4 Å². The molecule has 0 radical (unpaired) electrons. The van der Waals surface area contributed by atoms with Crippen molar-refractivity contribution in [1.82, 2.24) is 19.1 Å². The molecule has 3 rings (SSSR count). The van der Waals surface area contributed by atoms with Crippen LogP contribution in [-0.2, 0) is 14.1 Å². The fourth-order valence-electron chi connectivity index (χ4n) is 2.61. The standard InChI is InChI=1S/C18H20N4O3S/c1-10(2)26-16-13-15(21(3)18(24)22(4)17(13)23)19-14(20-16)11-6-8-12(25-5)9-7-11/h6-10H,1-5H3. The van der Waals surface area contributed by atoms with Crippen molar-refractivity contribution in [3.8, 4) is 17.1 Å². The molecule has 0 amide bonds. The Morgan fingerprint density at radius 3 is 2.27 bits per heavy atom. The molecule has 2 heterocycles. The average Bonchev–Trinajstić information content (AvgIpc) is 2.63. The summed E-state index contributed by atoms with van der Waals surface area (Å²) in [5.74, 6) is 1.19. The van der Waals surface area contributed by atoms with E-state index in [0.29, 0.717) is 21.9 Å². The maximum atomic E-state index is 12.7. The second-order valence-corrected chi connectivity index (χ2v) is 7.72. The number of nitrogens with zero attached hydrogens (tertiary/aromatic N) is 4. The van der Waals surface area contributed by atoms with Gasteiger partial charge in [-0.15, -0.1) is 11.8 Å². The number of thioether (sulfide) groups is 1. The lowest BCUT2D eigenvalue weighted by Crippen LogP contribution is -2.37. The minimum Gasteiger partial charge on any atom is -0.497 e. The molecular weight excluding hydrogens is 352 g/mol. The molecule has 2 aromatic heterocycles. The predicted octanol–water partition coefficient (Wildman–Crippen LogP) is 2.20. The maximum Gasteiger partial charge on any atom is 0.332 e. The molecule has 8 heteroatoms. The van der Waals surface area contributed by atoms with Gasteiger partial charge in [-0.25, -0.2) is 14.8 Å². The lowest BCUT2D eigenvalue weighted by molar-refractivity contribution is 0.415. The van der Waals surface area contributed by atoms with Crippen LogP contribution in [0.5, 0.6) is 5.75 Å². The summed E-state index contributed by atoms with van der Waals surface area (Å²) in [5, 5.41) is 1.16. The molecule has 0 atom stereocenters. The highest BCUT2D eigenvalue weighted by molar-refractivity contribution is 8.00. The molecule has 0 aliphatic heterocycles. The van der Waals surface area contributed by atoms with E-state index in [2.05, 4.69) is 9.97 Å². The Morgan fingerprint density at radius 2 is 1.69 bits per heavy atom. The number of aromatic nitrogens is 4. The largest absolute Gasteiger partial charge is 0.497 e. The molecule has 3 aromatic rings. The first-order valence-electron chi connectivity index (χ1n) is 8.12. The summed E-state index contributed by atoms with van der Waals surface area (Å²) in [6.07, 6.45) is 0. The Balaban J connectivity index is 2.35. The minimum atomic E-state index is -0.414. The van der Waals surface area contributed by atoms with Crippen LogP contribution in [0.15, 0.2) is 38.9 Å². The van der Waals surface area contributed by atoms with Gasteiger partial charge in [-0.3, -0.25) is 13.9 Å². The first-order valence-corrected chi connectivity index (χ1v) is 9.00. The van der Waals surface area contributed by atoms with Crippen molar-refractivity contribution >= 4 is 22.8 Å². The summed E-state index contributed by atoms with van der Waals surface area (Å²) in [7, 11) is 4.68. The van der Waals surface area contributed by atoms with E-state index in [1.54, 1.807) is 14.2 Å². The molecule has 0 spiro atoms. The topological polar surface area (TPSA) is 79.0 Å². The van der Waals surface area contributed by atoms with Gasteiger partial charge >= 0.3 is 5.69 Å². The van der Waals surface area contributed by atoms with Gasteiger partial charge in [0.25, 0.3) is 5.56 Å². The third-order valence-corrected chi connectivity index (χ3v) is 4.95. The molecule has 0 bridgehead atoms. The number of rotatable bonds is 4. The highest BCUT2D eigenvalue weighted by Crippen LogP contribution is 2.29. The van der Waals surface area contributed by atoms with Crippen LogP contribution in [0.3, 0.4) is 0 Å². The first kappa shape index (κ1) is 18.2. The molecule has 0 aliphatic rings. The predicted molar refractivity (Wildman–Crippen MR) is 103 cm³/mol. The van der Waals surface area contributed by atoms with Crippen LogP contribution >= 0.6 is 11.8 Å². The van der Waals surface area contributed by atoms with Crippen molar-refractivity contribution in [2.45, 2.75) is 24.1 Å². The molecule has 1 aromatic carbocycles. The fourth-order valence-corrected chi connectivity index (χ4v) is 3.49. The Morgan fingerprint density at radius 1 is 1.04 bits per heavy atom. The third-order valence-electron chi connectivity index (χ3n) is 3.96. The molecule has 0 unspecified atom stereocenters. The normalized spacial score (nSPS) is 11.3. The van der Waals surface area contributed by atoms with Gasteiger partial charge in [-0.2, -0.15) is 0 Å². The van der Waals surface area contributed by atoms with Crippen LogP contribution < -0.4 is 16.0 Å². The fraction of sp³-hybridized carbons (Fsp3) is 0.333. The van der Waals surface area contributed by atoms with Crippen molar-refractivity contribution in [2.75, 3.05) is 7.11 Å². The van der Waals surface area contributed by atoms with Gasteiger partial charge in [0.05, 0.1) is 7.11 Å². The molecule has 0 fully saturated rings. The molecule has 0 aliphatic carbocycles. The number of benzene rings is 1. The molecular formula is C18H20N4O3S. The summed E-state index contributed by atoms with van der Waals surface area (Å²) in [5.41, 5.74) is 0.323. The Hall–Kier alpha value is -2.61. The average molecular weight is 372 g/mol. The molecule has 0 N–H and O–H groups in total. The van der Waals surface area contributed by atoms with Crippen molar-refractivity contribution in [3.05, 3.63) is 45.1 Å². The number of hydrogen-bond donors (Lipinski definition) is 0. The Bertz CT molecular complexity index is 1080. The van der Waals surface area contributed by atoms with Crippen LogP contribution in [0.1, 0.15) is 13.8 Å². The quantitative estimate of drug-likeness (QED) is 0.516. The van der Waals surface area contributed by atoms with Crippen LogP contribution in [0.25, 0.3) is 22.4 Å². The van der Waals surface area contributed by atoms with E-state index in [1.807, 2.05) is 38.1 Å². The zero-order chi connectivity index (χ0) is 19.0. The molecule has 0 saturated carbocycles. The van der Waals surface area contributed by atoms with Crippen LogP contribution in [0, 0.1) is 0 Å². The van der Waals surface area contributed by atoms with Crippen molar-refractivity contribution < 1.29 is 4.74 Å². The lowest BCUT2D eigenvalue weighted by atomic mass is 10.2. The van der Waals surface area contributed by atoms with E-state index >= 15 is 0 Å². The van der Waals surface area contributed by atoms with E-state index in [9.17, 15) is 9.59 Å². The van der Waals surface area contributed by atoms with Crippen molar-refractivity contribution in [2.24, 2.45) is 14.1 Å². The summed E-state index contributed by atoms with van der Waals surface area (Å²) < 4.78 is 7.65. The zero-order valence-electron chi connectivity index (χ0n) is 15.3. The van der Waals surface area contributed by atoms with E-state index in [4.69, 9.17) is 4.74 Å². The van der Waals surface area contributed by atoms with Crippen LogP contribution in [0.2, 0.25) is 0 Å². The van der Waals surface area contributed by atoms with Gasteiger partial charge in [0.15, 0.2) is 11.5 Å². The van der Waals surface area contributed by atoms with Gasteiger partial charge in [-0.05, 0) is 24.3 Å². The molecule has 136 valence electrons. The van der Waals surface area contributed by atoms with E-state index in [0.717, 1.165) is 15.9 Å². The van der Waals surface area contributed by atoms with Gasteiger partial charge in [0.1, 0.15) is 16.2 Å². The second-order valence-electron chi connectivity index (χ2n) is 6.15. The van der Waals surface area contributed by atoms with Crippen molar-refractivity contribution in [1.29, 1.82) is 0 Å². The smallest absolute Gasteiger partial charge is 0.332 e. The number of hydrogen-bond acceptors (Lipinski definition) is 6. The molecule has 7 nitrogen and oxygen atoms in total. The first-order chi connectivity index (χ1) is 12.3. The Kier molecular flexibility index (Phi) is 4.86. The van der Waals surface area contributed by atoms with Gasteiger partial charge in [0, 0.05) is 24.9 Å². The van der Waals surface area contributed by atoms with Gasteiger partial charge in [-0.1, -0.05) is 13.8 Å². The zero-order valence-corrected chi connectivity index (χ0v) is 16.1. The van der Waals surface area contributed by atoms with E-state index < -0.39 is 5.69 Å². The molecule has 0 saturated heterocycles. The van der Waals surface area contributed by atoms with Gasteiger partial charge < -0.3 is 4.74 Å². The third kappa shape index (κ3) is 3.12. The Labute approximate surface area is 154 Å².